The third kappa shape index (κ3) is 4.78. The summed E-state index contributed by atoms with van der Waals surface area (Å²) < 4.78 is 13.8. The van der Waals surface area contributed by atoms with Gasteiger partial charge in [-0.3, -0.25) is 4.79 Å². The molecule has 0 saturated carbocycles. The van der Waals surface area contributed by atoms with E-state index in [4.69, 9.17) is 11.6 Å². The van der Waals surface area contributed by atoms with Gasteiger partial charge in [-0.15, -0.1) is 0 Å². The monoisotopic (exact) mass is 288 g/mol. The highest BCUT2D eigenvalue weighted by Crippen LogP contribution is 2.29. The summed E-state index contributed by atoms with van der Waals surface area (Å²) in [6, 6.07) is 2.83. The highest BCUT2D eigenvalue weighted by Gasteiger charge is 2.15. The Kier molecular flexibility index (Phi) is 5.72. The van der Waals surface area contributed by atoms with Crippen LogP contribution in [0.5, 0.6) is 0 Å². The van der Waals surface area contributed by atoms with Crippen molar-refractivity contribution < 1.29 is 14.3 Å². The predicted molar refractivity (Wildman–Crippen MR) is 73.8 cm³/mol. The molecule has 0 heterocycles. The molecule has 1 rings (SSSR count). The van der Waals surface area contributed by atoms with Crippen molar-refractivity contribution in [2.45, 2.75) is 32.9 Å². The number of benzene rings is 1. The number of aliphatic hydroxyl groups excluding tert-OH is 1. The maximum absolute atomic E-state index is 13.8. The van der Waals surface area contributed by atoms with Crippen molar-refractivity contribution in [3.63, 3.8) is 0 Å². The first-order chi connectivity index (χ1) is 8.81. The van der Waals surface area contributed by atoms with Crippen LogP contribution in [0.15, 0.2) is 12.1 Å². The SMILES string of the molecule is CC(=O)Nc1c(F)cc(C(O)CNC(C)C)cc1Cl. The van der Waals surface area contributed by atoms with Crippen LogP contribution < -0.4 is 10.6 Å². The van der Waals surface area contributed by atoms with Gasteiger partial charge >= 0.3 is 0 Å². The first-order valence-electron chi connectivity index (χ1n) is 5.99. The number of halogens is 2. The molecule has 1 unspecified atom stereocenters. The molecule has 6 heteroatoms. The number of rotatable bonds is 5. The van der Waals surface area contributed by atoms with Crippen LogP contribution in [0.3, 0.4) is 0 Å². The largest absolute Gasteiger partial charge is 0.387 e. The van der Waals surface area contributed by atoms with E-state index >= 15 is 0 Å². The molecule has 1 atom stereocenters. The van der Waals surface area contributed by atoms with E-state index in [2.05, 4.69) is 10.6 Å². The second-order valence-corrected chi connectivity index (χ2v) is 5.03. The van der Waals surface area contributed by atoms with Crippen molar-refractivity contribution in [3.8, 4) is 0 Å². The van der Waals surface area contributed by atoms with Gasteiger partial charge in [0.25, 0.3) is 0 Å². The van der Waals surface area contributed by atoms with Crippen LogP contribution in [0, 0.1) is 5.82 Å². The lowest BCUT2D eigenvalue weighted by molar-refractivity contribution is -0.114. The topological polar surface area (TPSA) is 61.4 Å². The van der Waals surface area contributed by atoms with Gasteiger partial charge in [0, 0.05) is 19.5 Å². The van der Waals surface area contributed by atoms with Gasteiger partial charge in [-0.2, -0.15) is 0 Å². The lowest BCUT2D eigenvalue weighted by Gasteiger charge is -2.16. The van der Waals surface area contributed by atoms with Gasteiger partial charge in [0.15, 0.2) is 0 Å². The van der Waals surface area contributed by atoms with E-state index in [9.17, 15) is 14.3 Å². The molecule has 0 saturated heterocycles. The third-order valence-electron chi connectivity index (χ3n) is 2.47. The fourth-order valence-electron chi connectivity index (χ4n) is 1.55. The van der Waals surface area contributed by atoms with Crippen molar-refractivity contribution in [3.05, 3.63) is 28.5 Å². The van der Waals surface area contributed by atoms with Gasteiger partial charge in [-0.1, -0.05) is 25.4 Å². The van der Waals surface area contributed by atoms with E-state index in [1.165, 1.54) is 19.1 Å². The average Bonchev–Trinajstić information content (AvgIpc) is 2.30. The second kappa shape index (κ2) is 6.84. The van der Waals surface area contributed by atoms with E-state index in [0.29, 0.717) is 12.1 Å². The number of nitrogens with one attached hydrogen (secondary N) is 2. The van der Waals surface area contributed by atoms with Crippen molar-refractivity contribution >= 4 is 23.2 Å². The summed E-state index contributed by atoms with van der Waals surface area (Å²) >= 11 is 5.90. The van der Waals surface area contributed by atoms with Crippen LogP contribution >= 0.6 is 11.6 Å². The van der Waals surface area contributed by atoms with Gasteiger partial charge < -0.3 is 15.7 Å². The minimum atomic E-state index is -0.860. The lowest BCUT2D eigenvalue weighted by atomic mass is 10.1. The Balaban J connectivity index is 2.90. The van der Waals surface area contributed by atoms with E-state index in [-0.39, 0.29) is 16.8 Å². The first kappa shape index (κ1) is 15.9. The summed E-state index contributed by atoms with van der Waals surface area (Å²) in [5.41, 5.74) is 0.298. The minimum Gasteiger partial charge on any atom is -0.387 e. The number of hydrogen-bond acceptors (Lipinski definition) is 3. The first-order valence-corrected chi connectivity index (χ1v) is 6.37. The van der Waals surface area contributed by atoms with Crippen LogP contribution in [-0.4, -0.2) is 23.6 Å². The summed E-state index contributed by atoms with van der Waals surface area (Å²) in [4.78, 5) is 10.9. The second-order valence-electron chi connectivity index (χ2n) is 4.62. The van der Waals surface area contributed by atoms with Crippen molar-refractivity contribution in [1.82, 2.24) is 5.32 Å². The number of amides is 1. The smallest absolute Gasteiger partial charge is 0.221 e. The molecule has 0 aromatic heterocycles. The molecule has 0 spiro atoms. The number of hydrogen-bond donors (Lipinski definition) is 3. The van der Waals surface area contributed by atoms with E-state index in [0.717, 1.165) is 0 Å². The Morgan fingerprint density at radius 3 is 2.58 bits per heavy atom. The average molecular weight is 289 g/mol. The Hall–Kier alpha value is -1.17. The zero-order chi connectivity index (χ0) is 14.6. The van der Waals surface area contributed by atoms with Crippen LogP contribution in [-0.2, 0) is 4.79 Å². The number of carbonyl (C=O) groups is 1. The molecule has 106 valence electrons. The molecular weight excluding hydrogens is 271 g/mol. The number of anilines is 1. The molecular formula is C13H18ClFN2O2. The Labute approximate surface area is 117 Å². The standard InChI is InChI=1S/C13H18ClFN2O2/c1-7(2)16-6-12(19)9-4-10(14)13(11(15)5-9)17-8(3)18/h4-5,7,12,16,19H,6H2,1-3H3,(H,17,18). The number of carbonyl (C=O) groups excluding carboxylic acids is 1. The zero-order valence-electron chi connectivity index (χ0n) is 11.1. The van der Waals surface area contributed by atoms with Gasteiger partial charge in [0.1, 0.15) is 5.82 Å². The molecule has 1 aromatic rings. The molecule has 1 aromatic carbocycles. The summed E-state index contributed by atoms with van der Waals surface area (Å²) in [5.74, 6) is -1.07. The van der Waals surface area contributed by atoms with E-state index < -0.39 is 17.8 Å². The minimum absolute atomic E-state index is 0.0637. The van der Waals surface area contributed by atoms with Crippen LogP contribution in [0.1, 0.15) is 32.4 Å². The van der Waals surface area contributed by atoms with Crippen LogP contribution in [0.2, 0.25) is 5.02 Å². The maximum atomic E-state index is 13.8. The van der Waals surface area contributed by atoms with E-state index in [1.807, 2.05) is 13.8 Å². The Morgan fingerprint density at radius 1 is 1.47 bits per heavy atom. The molecule has 0 bridgehead atoms. The molecule has 0 radical (unpaired) electrons. The van der Waals surface area contributed by atoms with Crippen LogP contribution in [0.25, 0.3) is 0 Å². The molecule has 0 fully saturated rings. The van der Waals surface area contributed by atoms with Crippen LogP contribution in [0.4, 0.5) is 10.1 Å². The third-order valence-corrected chi connectivity index (χ3v) is 2.77. The van der Waals surface area contributed by atoms with Gasteiger partial charge in [0.05, 0.1) is 16.8 Å². The molecule has 0 aliphatic rings. The van der Waals surface area contributed by atoms with Gasteiger partial charge in [-0.05, 0) is 17.7 Å². The number of aliphatic hydroxyl groups is 1. The summed E-state index contributed by atoms with van der Waals surface area (Å²) in [5, 5.41) is 15.3. The molecule has 0 aliphatic carbocycles. The van der Waals surface area contributed by atoms with Gasteiger partial charge in [0.2, 0.25) is 5.91 Å². The summed E-state index contributed by atoms with van der Waals surface area (Å²) in [6.45, 7) is 5.46. The summed E-state index contributed by atoms with van der Waals surface area (Å²) in [7, 11) is 0. The Bertz CT molecular complexity index is 443. The molecule has 1 amide bonds. The highest BCUT2D eigenvalue weighted by atomic mass is 35.5. The quantitative estimate of drug-likeness (QED) is 0.780. The predicted octanol–water partition coefficient (Wildman–Crippen LogP) is 2.47. The molecule has 3 N–H and O–H groups in total. The molecule has 0 aliphatic heterocycles. The lowest BCUT2D eigenvalue weighted by Crippen LogP contribution is -2.28. The van der Waals surface area contributed by atoms with Gasteiger partial charge in [-0.25, -0.2) is 4.39 Å². The van der Waals surface area contributed by atoms with E-state index in [1.54, 1.807) is 0 Å². The van der Waals surface area contributed by atoms with Crippen molar-refractivity contribution in [1.29, 1.82) is 0 Å². The molecule has 4 nitrogen and oxygen atoms in total. The Morgan fingerprint density at radius 2 is 2.11 bits per heavy atom. The highest BCUT2D eigenvalue weighted by molar-refractivity contribution is 6.33. The van der Waals surface area contributed by atoms with Crippen molar-refractivity contribution in [2.24, 2.45) is 0 Å². The summed E-state index contributed by atoms with van der Waals surface area (Å²) in [6.07, 6.45) is -0.860. The fourth-order valence-corrected chi connectivity index (χ4v) is 1.81. The molecule has 19 heavy (non-hydrogen) atoms. The van der Waals surface area contributed by atoms with Crippen molar-refractivity contribution in [2.75, 3.05) is 11.9 Å². The normalized spacial score (nSPS) is 12.6. The fraction of sp³-hybridized carbons (Fsp3) is 0.462. The maximum Gasteiger partial charge on any atom is 0.221 e. The zero-order valence-corrected chi connectivity index (χ0v) is 11.9.